The van der Waals surface area contributed by atoms with E-state index < -0.39 is 35.2 Å². The van der Waals surface area contributed by atoms with Crippen molar-refractivity contribution in [3.63, 3.8) is 0 Å². The number of amides is 8. The maximum atomic E-state index is 12.6. The zero-order valence-electron chi connectivity index (χ0n) is 66.6. The Morgan fingerprint density at radius 3 is 1.29 bits per heavy atom. The molecule has 9 aliphatic heterocycles. The van der Waals surface area contributed by atoms with Gasteiger partial charge in [-0.25, -0.2) is 0 Å². The van der Waals surface area contributed by atoms with E-state index in [2.05, 4.69) is 76.2 Å². The van der Waals surface area contributed by atoms with Gasteiger partial charge >= 0.3 is 0 Å². The van der Waals surface area contributed by atoms with Gasteiger partial charge in [-0.3, -0.25) is 57.9 Å². The topological polar surface area (TPSA) is 304 Å². The number of fused-ring (bicyclic) bond motifs is 10. The molecule has 12 atom stereocenters. The summed E-state index contributed by atoms with van der Waals surface area (Å²) in [7, 11) is 0. The van der Waals surface area contributed by atoms with Gasteiger partial charge in [-0.05, 0) is 137 Å². The van der Waals surface area contributed by atoms with Gasteiger partial charge in [-0.1, -0.05) is 128 Å². The zero-order valence-corrected chi connectivity index (χ0v) is 66.6. The molecule has 24 nitrogen and oxygen atoms in total. The highest BCUT2D eigenvalue weighted by Gasteiger charge is 2.70. The number of nitrogens with zero attached hydrogens (tertiary/aromatic N) is 4. The molecule has 0 radical (unpaired) electrons. The Morgan fingerprint density at radius 1 is 0.574 bits per heavy atom. The third-order valence-corrected chi connectivity index (χ3v) is 17.4. The molecule has 0 saturated carbocycles. The number of imide groups is 4. The van der Waals surface area contributed by atoms with Gasteiger partial charge in [0.15, 0.2) is 5.79 Å². The first kappa shape index (κ1) is 92.1. The predicted molar refractivity (Wildman–Crippen MR) is 385 cm³/mol. The van der Waals surface area contributed by atoms with Crippen molar-refractivity contribution in [2.24, 2.45) is 51.2 Å². The van der Waals surface area contributed by atoms with Gasteiger partial charge in [0.1, 0.15) is 0 Å². The highest BCUT2D eigenvalue weighted by molar-refractivity contribution is 6.13. The number of ether oxygens (including phenoxy) is 7. The van der Waals surface area contributed by atoms with Gasteiger partial charge in [0.25, 0.3) is 23.6 Å². The summed E-state index contributed by atoms with van der Waals surface area (Å²) >= 11 is 0. The number of likely N-dealkylation sites (tertiary alicyclic amines) is 2. The monoisotopic (exact) mass is 1430 g/mol. The van der Waals surface area contributed by atoms with E-state index in [4.69, 9.17) is 58.4 Å². The SMILES string of the molecule is CC(C)(C)C(O)CO.CC(C)(C)CCN1C(=O)[C@@H]2[C@H](C1=O)C1(C)C=CC2(C)O1.CC(C)(C)OCCN1C(=O)C=CC1=O.CC(C)(C)OCCN1C(=O)[C@@H]2C3C=CC(O3)[C@@H]2C1=O.CC(C)CC(O)CO.CC(C)ON1C(=O)C=CC1=O.CC1(C)OCC(C(C)(C)C)O1.CCOC(CC)C(C)(C)C. The van der Waals surface area contributed by atoms with E-state index in [1.54, 1.807) is 13.8 Å². The fourth-order valence-corrected chi connectivity index (χ4v) is 11.8. The minimum Gasteiger partial charge on any atom is -0.394 e. The van der Waals surface area contributed by atoms with Crippen LogP contribution in [0, 0.1) is 51.2 Å². The number of hydroxylamine groups is 2. The smallest absolute Gasteiger partial charge is 0.277 e. The lowest BCUT2D eigenvalue weighted by molar-refractivity contribution is -0.196. The van der Waals surface area contributed by atoms with Crippen molar-refractivity contribution in [3.8, 4) is 0 Å². The van der Waals surface area contributed by atoms with Crippen molar-refractivity contribution in [1.82, 2.24) is 19.8 Å². The van der Waals surface area contributed by atoms with E-state index in [-0.39, 0.29) is 130 Å². The van der Waals surface area contributed by atoms with Crippen LogP contribution in [-0.2, 0) is 76.4 Å². The van der Waals surface area contributed by atoms with E-state index in [1.165, 1.54) is 39.0 Å². The van der Waals surface area contributed by atoms with Crippen LogP contribution in [-0.4, -0.2) is 218 Å². The lowest BCUT2D eigenvalue weighted by Crippen LogP contribution is -2.40. The van der Waals surface area contributed by atoms with Gasteiger partial charge in [-0.15, -0.1) is 5.06 Å². The van der Waals surface area contributed by atoms with Gasteiger partial charge in [0.05, 0.1) is 135 Å². The van der Waals surface area contributed by atoms with Crippen LogP contribution < -0.4 is 0 Å². The highest BCUT2D eigenvalue weighted by Crippen LogP contribution is 2.57. The zero-order chi connectivity index (χ0) is 78.2. The first-order chi connectivity index (χ1) is 45.9. The van der Waals surface area contributed by atoms with Gasteiger partial charge < -0.3 is 53.6 Å². The molecular weight excluding hydrogens is 1300 g/mol. The third-order valence-electron chi connectivity index (χ3n) is 17.4. The molecule has 4 bridgehead atoms. The van der Waals surface area contributed by atoms with Crippen molar-refractivity contribution in [2.75, 3.05) is 59.3 Å². The number of rotatable bonds is 17. The van der Waals surface area contributed by atoms with Crippen LogP contribution in [0.2, 0.25) is 0 Å². The molecule has 580 valence electrons. The molecular formula is C77H132N4O20. The molecule has 8 unspecified atom stereocenters. The maximum Gasteiger partial charge on any atom is 0.277 e. The molecule has 5 fully saturated rings. The molecule has 0 aliphatic carbocycles. The predicted octanol–water partition coefficient (Wildman–Crippen LogP) is 9.66. The number of carbonyl (C=O) groups excluding carboxylic acids is 8. The fourth-order valence-electron chi connectivity index (χ4n) is 11.8. The van der Waals surface area contributed by atoms with E-state index in [9.17, 15) is 38.4 Å². The van der Waals surface area contributed by atoms with Crippen LogP contribution in [0.3, 0.4) is 0 Å². The maximum absolute atomic E-state index is 12.6. The molecule has 24 heteroatoms. The molecule has 0 aromatic heterocycles. The number of carbonyl (C=O) groups is 8. The average molecular weight is 1430 g/mol. The Balaban J connectivity index is 0.000000402. The molecule has 101 heavy (non-hydrogen) atoms. The van der Waals surface area contributed by atoms with E-state index in [0.29, 0.717) is 56.7 Å². The van der Waals surface area contributed by atoms with Crippen LogP contribution >= 0.6 is 0 Å². The Labute approximate surface area is 604 Å². The fraction of sp³-hybridized carbons (Fsp3) is 0.792. The lowest BCUT2D eigenvalue weighted by Gasteiger charge is -2.29. The first-order valence-corrected chi connectivity index (χ1v) is 36.0. The molecule has 0 aromatic carbocycles. The summed E-state index contributed by atoms with van der Waals surface area (Å²) in [6.45, 7) is 59.5. The van der Waals surface area contributed by atoms with Crippen molar-refractivity contribution in [2.45, 2.75) is 284 Å². The van der Waals surface area contributed by atoms with Gasteiger partial charge in [-0.2, -0.15) is 0 Å². The quantitative estimate of drug-likeness (QED) is 0.0778. The summed E-state index contributed by atoms with van der Waals surface area (Å²) in [4.78, 5) is 103. The van der Waals surface area contributed by atoms with Crippen molar-refractivity contribution in [3.05, 3.63) is 48.6 Å². The molecule has 4 N–H and O–H groups in total. The third kappa shape index (κ3) is 28.8. The summed E-state index contributed by atoms with van der Waals surface area (Å²) in [6, 6.07) is 0. The van der Waals surface area contributed by atoms with E-state index >= 15 is 0 Å². The number of hydrogen-bond acceptors (Lipinski definition) is 20. The Hall–Kier alpha value is -4.96. The summed E-state index contributed by atoms with van der Waals surface area (Å²) in [5, 5.41) is 35.2. The lowest BCUT2D eigenvalue weighted by atomic mass is 9.73. The standard InChI is InChI=1S/C16H23NO3.C14H19NO4.C10H15NO3.C9H18O2.C9H20O.C7H9NO3.2C6H14O2/c1-14(2,3)8-9-17-12(18)10-11(13(17)19)16(5)7-6-15(10,4)20-16;1-14(2,3)18-7-6-15-12(16)10-8-4-5-9(19-8)11(10)13(15)17;1-10(2,3)14-7-6-11-8(12)4-5-9(11)13;1-8(2,3)7-6-10-9(4,5)11-7;1-6-8(10-7-2)9(3,4)5;1-5(2)11-8-6(9)3-4-7(8)10;1-6(2,3)5(8)4-7;1-5(2)3-6(8)4-7/h6-7,10-11H,8-9H2,1-5H3;4-5,8-11H,6-7H2,1-3H3;4-5H,6-7H2,1-3H3;7H,6H2,1-5H3;8H,6-7H2,1-5H3;3-5H,1-2H3;5,7-8H,4H2,1-3H3;5-8H,3-4H2,1-2H3/t10-,11+,15?,16?;8?,9?,10-,11+;;;;;;. The molecule has 0 aromatic rings. The normalized spacial score (nSPS) is 26.9. The Kier molecular flexibility index (Phi) is 34.5. The summed E-state index contributed by atoms with van der Waals surface area (Å²) < 4.78 is 39.2. The van der Waals surface area contributed by atoms with Gasteiger partial charge in [0.2, 0.25) is 23.6 Å². The second kappa shape index (κ2) is 37.8. The molecule has 5 saturated heterocycles. The Morgan fingerprint density at radius 2 is 1.00 bits per heavy atom. The number of aliphatic hydroxyl groups is 4. The van der Waals surface area contributed by atoms with Crippen LogP contribution in [0.15, 0.2) is 48.6 Å². The van der Waals surface area contributed by atoms with Crippen LogP contribution in [0.1, 0.15) is 213 Å². The second-order valence-corrected chi connectivity index (χ2v) is 34.7. The van der Waals surface area contributed by atoms with Gasteiger partial charge in [0, 0.05) is 37.5 Å². The summed E-state index contributed by atoms with van der Waals surface area (Å²) in [5.74, 6) is -2.88. The second-order valence-electron chi connectivity index (χ2n) is 34.7. The molecule has 9 heterocycles. The summed E-state index contributed by atoms with van der Waals surface area (Å²) in [6.07, 6.45) is 14.2. The highest BCUT2D eigenvalue weighted by atomic mass is 16.7. The molecule has 9 rings (SSSR count). The molecule has 8 amide bonds. The minimum atomic E-state index is -0.608. The van der Waals surface area contributed by atoms with E-state index in [0.717, 1.165) is 31.1 Å². The molecule has 0 spiro atoms. The van der Waals surface area contributed by atoms with Crippen molar-refractivity contribution >= 4 is 47.3 Å². The van der Waals surface area contributed by atoms with E-state index in [1.807, 2.05) is 128 Å². The summed E-state index contributed by atoms with van der Waals surface area (Å²) in [5.41, 5.74) is -1.30. The van der Waals surface area contributed by atoms with Crippen molar-refractivity contribution in [1.29, 1.82) is 0 Å². The Bertz CT molecular complexity index is 2760. The first-order valence-electron chi connectivity index (χ1n) is 36.0. The van der Waals surface area contributed by atoms with Crippen LogP contribution in [0.5, 0.6) is 0 Å². The molecule has 9 aliphatic rings. The van der Waals surface area contributed by atoms with Crippen LogP contribution in [0.25, 0.3) is 0 Å². The minimum absolute atomic E-state index is 0.0557. The van der Waals surface area contributed by atoms with Crippen LogP contribution in [0.4, 0.5) is 0 Å². The largest absolute Gasteiger partial charge is 0.394 e. The number of aliphatic hydroxyl groups excluding tert-OH is 4. The number of hydrogen-bond donors (Lipinski definition) is 4. The van der Waals surface area contributed by atoms with Crippen molar-refractivity contribution < 1.29 is 96.8 Å². The average Bonchev–Trinajstić information content (AvgIpc) is 1.53.